The van der Waals surface area contributed by atoms with E-state index < -0.39 is 5.92 Å². The highest BCUT2D eigenvalue weighted by Crippen LogP contribution is 2.40. The van der Waals surface area contributed by atoms with Crippen LogP contribution in [-0.4, -0.2) is 27.2 Å². The summed E-state index contributed by atoms with van der Waals surface area (Å²) >= 11 is 0. The fourth-order valence-corrected chi connectivity index (χ4v) is 2.96. The largest absolute Gasteiger partial charge is 0.312 e. The lowest BCUT2D eigenvalue weighted by atomic mass is 9.86. The third-order valence-electron chi connectivity index (χ3n) is 4.06. The van der Waals surface area contributed by atoms with Gasteiger partial charge in [-0.3, -0.25) is 0 Å². The molecule has 18 heavy (non-hydrogen) atoms. The van der Waals surface area contributed by atoms with Crippen LogP contribution >= 0.6 is 0 Å². The maximum Gasteiger partial charge on any atom is 0.248 e. The van der Waals surface area contributed by atoms with Gasteiger partial charge in [-0.1, -0.05) is 0 Å². The quantitative estimate of drug-likeness (QED) is 0.838. The first-order valence-electron chi connectivity index (χ1n) is 6.61. The van der Waals surface area contributed by atoms with Gasteiger partial charge in [0.15, 0.2) is 0 Å². The Morgan fingerprint density at radius 3 is 2.61 bits per heavy atom. The van der Waals surface area contributed by atoms with Crippen molar-refractivity contribution in [2.75, 3.05) is 6.54 Å². The van der Waals surface area contributed by atoms with Crippen LogP contribution < -0.4 is 5.32 Å². The van der Waals surface area contributed by atoms with Gasteiger partial charge < -0.3 is 9.88 Å². The molecule has 2 aliphatic rings. The van der Waals surface area contributed by atoms with Crippen LogP contribution in [0.1, 0.15) is 56.2 Å². The Balaban J connectivity index is 1.82. The van der Waals surface area contributed by atoms with Crippen molar-refractivity contribution in [3.8, 4) is 0 Å². The summed E-state index contributed by atoms with van der Waals surface area (Å²) in [6.07, 6.45) is 1.00. The summed E-state index contributed by atoms with van der Waals surface area (Å²) in [5, 5.41) is 11.8. The number of fused-ring (bicyclic) bond motifs is 1. The van der Waals surface area contributed by atoms with E-state index in [0.29, 0.717) is 12.8 Å². The van der Waals surface area contributed by atoms with Crippen LogP contribution in [0.4, 0.5) is 8.78 Å². The highest BCUT2D eigenvalue weighted by atomic mass is 19.3. The van der Waals surface area contributed by atoms with E-state index in [9.17, 15) is 8.78 Å². The van der Waals surface area contributed by atoms with Crippen molar-refractivity contribution < 1.29 is 8.78 Å². The fourth-order valence-electron chi connectivity index (χ4n) is 2.96. The van der Waals surface area contributed by atoms with Gasteiger partial charge in [-0.25, -0.2) is 8.78 Å². The van der Waals surface area contributed by atoms with E-state index in [4.69, 9.17) is 0 Å². The van der Waals surface area contributed by atoms with Gasteiger partial charge in [0.25, 0.3) is 0 Å². The topological polar surface area (TPSA) is 42.7 Å². The van der Waals surface area contributed by atoms with Gasteiger partial charge in [0.2, 0.25) is 5.92 Å². The zero-order valence-corrected chi connectivity index (χ0v) is 10.5. The minimum absolute atomic E-state index is 0.0202. The molecule has 6 heteroatoms. The fraction of sp³-hybridized carbons (Fsp3) is 0.833. The highest BCUT2D eigenvalue weighted by Gasteiger charge is 2.37. The van der Waals surface area contributed by atoms with Crippen LogP contribution in [0.15, 0.2) is 0 Å². The van der Waals surface area contributed by atoms with Crippen LogP contribution in [0.2, 0.25) is 0 Å². The molecule has 3 rings (SSSR count). The zero-order chi connectivity index (χ0) is 12.8. The molecule has 4 nitrogen and oxygen atoms in total. The van der Waals surface area contributed by atoms with Gasteiger partial charge in [-0.05, 0) is 19.8 Å². The van der Waals surface area contributed by atoms with Gasteiger partial charge in [0.05, 0.1) is 6.04 Å². The van der Waals surface area contributed by atoms with E-state index >= 15 is 0 Å². The summed E-state index contributed by atoms with van der Waals surface area (Å²) in [5.41, 5.74) is 0. The molecule has 1 aromatic heterocycles. The Hall–Kier alpha value is -1.04. The Kier molecular flexibility index (Phi) is 2.84. The molecule has 0 aromatic carbocycles. The minimum atomic E-state index is -2.48. The van der Waals surface area contributed by atoms with Crippen molar-refractivity contribution in [1.29, 1.82) is 0 Å². The molecule has 0 spiro atoms. The van der Waals surface area contributed by atoms with Crippen molar-refractivity contribution in [2.24, 2.45) is 0 Å². The summed E-state index contributed by atoms with van der Waals surface area (Å²) in [6, 6.07) is 0.199. The summed E-state index contributed by atoms with van der Waals surface area (Å²) in [6.45, 7) is 3.79. The van der Waals surface area contributed by atoms with E-state index in [2.05, 4.69) is 27.0 Å². The van der Waals surface area contributed by atoms with Crippen molar-refractivity contribution >= 4 is 0 Å². The molecule has 1 aliphatic carbocycles. The first kappa shape index (κ1) is 12.0. The number of hydrogen-bond acceptors (Lipinski definition) is 3. The highest BCUT2D eigenvalue weighted by molar-refractivity contribution is 5.08. The van der Waals surface area contributed by atoms with Crippen molar-refractivity contribution in [2.45, 2.75) is 57.0 Å². The average molecular weight is 256 g/mol. The normalized spacial score (nSPS) is 28.1. The molecule has 1 fully saturated rings. The van der Waals surface area contributed by atoms with E-state index in [1.54, 1.807) is 0 Å². The van der Waals surface area contributed by atoms with Crippen LogP contribution in [0.3, 0.4) is 0 Å². The molecule has 1 saturated carbocycles. The molecule has 0 saturated heterocycles. The lowest BCUT2D eigenvalue weighted by molar-refractivity contribution is -0.0390. The number of halogens is 2. The summed E-state index contributed by atoms with van der Waals surface area (Å²) in [4.78, 5) is 0. The molecule has 100 valence electrons. The predicted molar refractivity (Wildman–Crippen MR) is 62.6 cm³/mol. The van der Waals surface area contributed by atoms with Crippen molar-refractivity contribution in [3.05, 3.63) is 11.6 Å². The van der Waals surface area contributed by atoms with Gasteiger partial charge >= 0.3 is 0 Å². The number of rotatable bonds is 1. The monoisotopic (exact) mass is 256 g/mol. The van der Waals surface area contributed by atoms with Crippen LogP contribution in [0, 0.1) is 0 Å². The Morgan fingerprint density at radius 1 is 1.22 bits per heavy atom. The van der Waals surface area contributed by atoms with Crippen LogP contribution in [-0.2, 0) is 6.54 Å². The maximum absolute atomic E-state index is 13.2. The molecule has 1 aliphatic heterocycles. The summed E-state index contributed by atoms with van der Waals surface area (Å²) in [5.74, 6) is -0.477. The molecular formula is C12H18F2N4. The molecule has 1 N–H and O–H groups in total. The molecule has 0 amide bonds. The SMILES string of the molecule is CC1NCCn2c(C3CCC(F)(F)CC3)nnc21. The van der Waals surface area contributed by atoms with Gasteiger partial charge in [-0.2, -0.15) is 0 Å². The van der Waals surface area contributed by atoms with E-state index in [1.807, 2.05) is 0 Å². The van der Waals surface area contributed by atoms with Gasteiger partial charge in [0, 0.05) is 31.8 Å². The molecule has 0 radical (unpaired) electrons. The number of hydrogen-bond donors (Lipinski definition) is 1. The van der Waals surface area contributed by atoms with Crippen molar-refractivity contribution in [1.82, 2.24) is 20.1 Å². The number of aromatic nitrogens is 3. The predicted octanol–water partition coefficient (Wildman–Crippen LogP) is 2.24. The third kappa shape index (κ3) is 2.02. The Labute approximate surface area is 105 Å². The van der Waals surface area contributed by atoms with E-state index in [1.165, 1.54) is 0 Å². The van der Waals surface area contributed by atoms with Crippen LogP contribution in [0.5, 0.6) is 0 Å². The smallest absolute Gasteiger partial charge is 0.248 e. The summed E-state index contributed by atoms with van der Waals surface area (Å²) < 4.78 is 28.5. The first-order valence-corrected chi connectivity index (χ1v) is 6.61. The van der Waals surface area contributed by atoms with Crippen molar-refractivity contribution in [3.63, 3.8) is 0 Å². The molecule has 1 atom stereocenters. The Bertz CT molecular complexity index is 433. The first-order chi connectivity index (χ1) is 8.57. The average Bonchev–Trinajstić information content (AvgIpc) is 2.74. The lowest BCUT2D eigenvalue weighted by Crippen LogP contribution is -2.33. The van der Waals surface area contributed by atoms with E-state index in [0.717, 1.165) is 24.7 Å². The standard InChI is InChI=1S/C12H18F2N4/c1-8-10-16-17-11(18(10)7-6-15-8)9-2-4-12(13,14)5-3-9/h8-9,15H,2-7H2,1H3. The molecule has 1 unspecified atom stereocenters. The van der Waals surface area contributed by atoms with E-state index in [-0.39, 0.29) is 24.8 Å². The van der Waals surface area contributed by atoms with Gasteiger partial charge in [0.1, 0.15) is 11.6 Å². The molecule has 1 aromatic rings. The van der Waals surface area contributed by atoms with Gasteiger partial charge in [-0.15, -0.1) is 10.2 Å². The molecule has 2 heterocycles. The second-order valence-electron chi connectivity index (χ2n) is 5.37. The number of nitrogens with one attached hydrogen (secondary N) is 1. The zero-order valence-electron chi connectivity index (χ0n) is 10.5. The maximum atomic E-state index is 13.2. The second kappa shape index (κ2) is 4.26. The minimum Gasteiger partial charge on any atom is -0.312 e. The molecular weight excluding hydrogens is 238 g/mol. The molecule has 0 bridgehead atoms. The van der Waals surface area contributed by atoms with Crippen LogP contribution in [0.25, 0.3) is 0 Å². The second-order valence-corrected chi connectivity index (χ2v) is 5.37. The Morgan fingerprint density at radius 2 is 1.89 bits per heavy atom. The number of alkyl halides is 2. The third-order valence-corrected chi connectivity index (χ3v) is 4.06. The number of nitrogens with zero attached hydrogens (tertiary/aromatic N) is 3. The lowest BCUT2D eigenvalue weighted by Gasteiger charge is -2.29. The summed E-state index contributed by atoms with van der Waals surface area (Å²) in [7, 11) is 0.